The fourth-order valence-electron chi connectivity index (χ4n) is 1.37. The molecule has 0 aliphatic carbocycles. The van der Waals surface area contributed by atoms with Gasteiger partial charge in [0.05, 0.1) is 5.69 Å². The van der Waals surface area contributed by atoms with Crippen LogP contribution in [-0.2, 0) is 0 Å². The summed E-state index contributed by atoms with van der Waals surface area (Å²) in [6.45, 7) is 0. The number of anilines is 1. The predicted octanol–water partition coefficient (Wildman–Crippen LogP) is 3.90. The summed E-state index contributed by atoms with van der Waals surface area (Å²) >= 11 is 1.50. The van der Waals surface area contributed by atoms with Crippen LogP contribution in [0.5, 0.6) is 5.75 Å². The number of benzene rings is 1. The number of alkyl halides is 3. The molecule has 0 atom stereocenters. The van der Waals surface area contributed by atoms with Gasteiger partial charge >= 0.3 is 6.36 Å². The summed E-state index contributed by atoms with van der Waals surface area (Å²) in [4.78, 5) is 0. The fourth-order valence-corrected chi connectivity index (χ4v) is 2.04. The van der Waals surface area contributed by atoms with Crippen LogP contribution in [0.2, 0.25) is 0 Å². The second-order valence-electron chi connectivity index (χ2n) is 3.31. The Kier molecular flexibility index (Phi) is 2.97. The van der Waals surface area contributed by atoms with Gasteiger partial charge in [-0.3, -0.25) is 0 Å². The van der Waals surface area contributed by atoms with Gasteiger partial charge in [-0.1, -0.05) is 6.07 Å². The Hall–Kier alpha value is -1.69. The van der Waals surface area contributed by atoms with Crippen molar-refractivity contribution >= 4 is 17.0 Å². The van der Waals surface area contributed by atoms with Gasteiger partial charge in [-0.15, -0.1) is 13.2 Å². The van der Waals surface area contributed by atoms with Crippen LogP contribution in [0.3, 0.4) is 0 Å². The standard InChI is InChI=1S/C11H8F3NOS/c12-11(13,14)16-10-2-1-7(5-9(10)15)8-3-4-17-6-8/h1-6H,15H2. The average molecular weight is 259 g/mol. The highest BCUT2D eigenvalue weighted by molar-refractivity contribution is 7.08. The first kappa shape index (κ1) is 11.8. The van der Waals surface area contributed by atoms with Gasteiger partial charge in [0, 0.05) is 0 Å². The summed E-state index contributed by atoms with van der Waals surface area (Å²) in [5.74, 6) is -0.378. The van der Waals surface area contributed by atoms with E-state index in [1.807, 2.05) is 16.8 Å². The summed E-state index contributed by atoms with van der Waals surface area (Å²) in [5, 5.41) is 3.77. The van der Waals surface area contributed by atoms with Crippen LogP contribution in [-0.4, -0.2) is 6.36 Å². The van der Waals surface area contributed by atoms with Crippen molar-refractivity contribution in [3.8, 4) is 16.9 Å². The number of nitrogen functional groups attached to an aromatic ring is 1. The predicted molar refractivity (Wildman–Crippen MR) is 60.9 cm³/mol. The second kappa shape index (κ2) is 4.29. The van der Waals surface area contributed by atoms with Crippen molar-refractivity contribution in [2.45, 2.75) is 6.36 Å². The highest BCUT2D eigenvalue weighted by atomic mass is 32.1. The first-order valence-corrected chi connectivity index (χ1v) is 5.58. The molecule has 0 aliphatic heterocycles. The Balaban J connectivity index is 2.29. The lowest BCUT2D eigenvalue weighted by Gasteiger charge is -2.11. The van der Waals surface area contributed by atoms with Crippen molar-refractivity contribution in [1.82, 2.24) is 0 Å². The summed E-state index contributed by atoms with van der Waals surface area (Å²) in [6.07, 6.45) is -4.72. The van der Waals surface area contributed by atoms with Gasteiger partial charge in [-0.2, -0.15) is 11.3 Å². The molecule has 6 heteroatoms. The molecule has 0 spiro atoms. The van der Waals surface area contributed by atoms with Gasteiger partial charge in [0.1, 0.15) is 0 Å². The average Bonchev–Trinajstić information content (AvgIpc) is 2.72. The van der Waals surface area contributed by atoms with Crippen LogP contribution in [0, 0.1) is 0 Å². The minimum atomic E-state index is -4.72. The van der Waals surface area contributed by atoms with E-state index in [1.54, 1.807) is 6.07 Å². The SMILES string of the molecule is Nc1cc(-c2ccsc2)ccc1OC(F)(F)F. The lowest BCUT2D eigenvalue weighted by atomic mass is 10.1. The third-order valence-corrected chi connectivity index (χ3v) is 2.77. The number of halogens is 3. The zero-order valence-corrected chi connectivity index (χ0v) is 9.31. The van der Waals surface area contributed by atoms with Gasteiger partial charge in [-0.05, 0) is 40.1 Å². The quantitative estimate of drug-likeness (QED) is 0.830. The maximum atomic E-state index is 12.0. The summed E-state index contributed by atoms with van der Waals surface area (Å²) < 4.78 is 39.8. The van der Waals surface area contributed by atoms with Crippen LogP contribution in [0.25, 0.3) is 11.1 Å². The summed E-state index contributed by atoms with van der Waals surface area (Å²) in [7, 11) is 0. The zero-order chi connectivity index (χ0) is 12.5. The molecule has 2 aromatic rings. The largest absolute Gasteiger partial charge is 0.573 e. The van der Waals surface area contributed by atoms with E-state index in [-0.39, 0.29) is 11.4 Å². The molecule has 1 heterocycles. The van der Waals surface area contributed by atoms with Crippen molar-refractivity contribution in [3.05, 3.63) is 35.0 Å². The van der Waals surface area contributed by atoms with E-state index in [9.17, 15) is 13.2 Å². The van der Waals surface area contributed by atoms with Crippen LogP contribution in [0.1, 0.15) is 0 Å². The van der Waals surface area contributed by atoms with E-state index >= 15 is 0 Å². The number of hydrogen-bond donors (Lipinski definition) is 1. The Morgan fingerprint density at radius 2 is 1.88 bits per heavy atom. The molecule has 0 amide bonds. The number of nitrogens with two attached hydrogens (primary N) is 1. The first-order chi connectivity index (χ1) is 7.96. The normalized spacial score (nSPS) is 11.5. The third kappa shape index (κ3) is 2.91. The van der Waals surface area contributed by atoms with E-state index in [0.717, 1.165) is 11.1 Å². The zero-order valence-electron chi connectivity index (χ0n) is 8.49. The Labute approximate surface area is 99.4 Å². The fraction of sp³-hybridized carbons (Fsp3) is 0.0909. The molecular formula is C11H8F3NOS. The summed E-state index contributed by atoms with van der Waals surface area (Å²) in [5.41, 5.74) is 7.16. The second-order valence-corrected chi connectivity index (χ2v) is 4.09. The monoisotopic (exact) mass is 259 g/mol. The number of rotatable bonds is 2. The molecule has 0 saturated carbocycles. The molecule has 0 saturated heterocycles. The minimum absolute atomic E-state index is 0.0361. The van der Waals surface area contributed by atoms with Crippen LogP contribution in [0.15, 0.2) is 35.0 Å². The minimum Gasteiger partial charge on any atom is -0.404 e. The maximum Gasteiger partial charge on any atom is 0.573 e. The molecule has 2 nitrogen and oxygen atoms in total. The van der Waals surface area contributed by atoms with Crippen LogP contribution >= 0.6 is 11.3 Å². The van der Waals surface area contributed by atoms with E-state index in [4.69, 9.17) is 5.73 Å². The lowest BCUT2D eigenvalue weighted by Crippen LogP contribution is -2.17. The molecule has 0 radical (unpaired) electrons. The molecule has 0 unspecified atom stereocenters. The molecule has 0 bridgehead atoms. The molecule has 1 aromatic carbocycles. The molecule has 90 valence electrons. The van der Waals surface area contributed by atoms with Gasteiger partial charge in [0.25, 0.3) is 0 Å². The molecule has 2 N–H and O–H groups in total. The van der Waals surface area contributed by atoms with Crippen molar-refractivity contribution in [2.75, 3.05) is 5.73 Å². The third-order valence-electron chi connectivity index (χ3n) is 2.09. The Morgan fingerprint density at radius 1 is 1.12 bits per heavy atom. The van der Waals surface area contributed by atoms with Gasteiger partial charge in [0.15, 0.2) is 5.75 Å². The Morgan fingerprint density at radius 3 is 2.41 bits per heavy atom. The van der Waals surface area contributed by atoms with Crippen molar-refractivity contribution < 1.29 is 17.9 Å². The van der Waals surface area contributed by atoms with Gasteiger partial charge < -0.3 is 10.5 Å². The van der Waals surface area contributed by atoms with Crippen LogP contribution in [0.4, 0.5) is 18.9 Å². The van der Waals surface area contributed by atoms with Crippen LogP contribution < -0.4 is 10.5 Å². The molecular weight excluding hydrogens is 251 g/mol. The molecule has 0 fully saturated rings. The van der Waals surface area contributed by atoms with E-state index in [0.29, 0.717) is 0 Å². The van der Waals surface area contributed by atoms with Gasteiger partial charge in [0.2, 0.25) is 0 Å². The smallest absolute Gasteiger partial charge is 0.404 e. The molecule has 2 rings (SSSR count). The topological polar surface area (TPSA) is 35.2 Å². The first-order valence-electron chi connectivity index (χ1n) is 4.63. The highest BCUT2D eigenvalue weighted by Crippen LogP contribution is 2.32. The molecule has 0 aliphatic rings. The van der Waals surface area contributed by atoms with E-state index in [2.05, 4.69) is 4.74 Å². The lowest BCUT2D eigenvalue weighted by molar-refractivity contribution is -0.274. The van der Waals surface area contributed by atoms with Crippen molar-refractivity contribution in [3.63, 3.8) is 0 Å². The van der Waals surface area contributed by atoms with Crippen molar-refractivity contribution in [2.24, 2.45) is 0 Å². The van der Waals surface area contributed by atoms with Gasteiger partial charge in [-0.25, -0.2) is 0 Å². The number of hydrogen-bond acceptors (Lipinski definition) is 3. The number of thiophene rings is 1. The van der Waals surface area contributed by atoms with E-state index in [1.165, 1.54) is 23.5 Å². The maximum absolute atomic E-state index is 12.0. The molecule has 17 heavy (non-hydrogen) atoms. The summed E-state index contributed by atoms with van der Waals surface area (Å²) in [6, 6.07) is 6.09. The Bertz CT molecular complexity index is 508. The van der Waals surface area contributed by atoms with Crippen molar-refractivity contribution in [1.29, 1.82) is 0 Å². The number of ether oxygens (including phenoxy) is 1. The molecule has 1 aromatic heterocycles. The van der Waals surface area contributed by atoms with E-state index < -0.39 is 6.36 Å². The highest BCUT2D eigenvalue weighted by Gasteiger charge is 2.31.